The Hall–Kier alpha value is -1.97. The van der Waals surface area contributed by atoms with Gasteiger partial charge in [-0.1, -0.05) is 25.1 Å². The Kier molecular flexibility index (Phi) is 8.87. The first-order chi connectivity index (χ1) is 12.3. The van der Waals surface area contributed by atoms with E-state index in [0.717, 1.165) is 17.5 Å². The molecule has 4 nitrogen and oxygen atoms in total. The first-order valence-electron chi connectivity index (χ1n) is 8.17. The molecule has 27 heavy (non-hydrogen) atoms. The van der Waals surface area contributed by atoms with Crippen molar-refractivity contribution in [3.63, 3.8) is 0 Å². The van der Waals surface area contributed by atoms with Gasteiger partial charge in [-0.2, -0.15) is 13.2 Å². The van der Waals surface area contributed by atoms with Gasteiger partial charge in [0.2, 0.25) is 0 Å². The highest BCUT2D eigenvalue weighted by molar-refractivity contribution is 14.0. The third kappa shape index (κ3) is 7.28. The Labute approximate surface area is 174 Å². The van der Waals surface area contributed by atoms with Crippen LogP contribution >= 0.6 is 24.0 Å². The number of hydrogen-bond acceptors (Lipinski definition) is 2. The smallest absolute Gasteiger partial charge is 0.416 e. The second-order valence-corrected chi connectivity index (χ2v) is 5.93. The Morgan fingerprint density at radius 3 is 2.44 bits per heavy atom. The summed E-state index contributed by atoms with van der Waals surface area (Å²) in [5, 5.41) is 2.96. The van der Waals surface area contributed by atoms with E-state index in [2.05, 4.69) is 10.3 Å². The number of rotatable bonds is 6. The lowest BCUT2D eigenvalue weighted by atomic mass is 9.96. The predicted molar refractivity (Wildman–Crippen MR) is 113 cm³/mol. The fraction of sp³-hybridized carbons (Fsp3) is 0.316. The summed E-state index contributed by atoms with van der Waals surface area (Å²) < 4.78 is 43.4. The molecule has 0 fully saturated rings. The summed E-state index contributed by atoms with van der Waals surface area (Å²) in [6.45, 7) is 2.28. The molecule has 2 aromatic rings. The van der Waals surface area contributed by atoms with Gasteiger partial charge in [0, 0.05) is 12.2 Å². The van der Waals surface area contributed by atoms with Crippen LogP contribution in [0, 0.1) is 0 Å². The molecule has 0 aliphatic heterocycles. The van der Waals surface area contributed by atoms with E-state index in [1.165, 1.54) is 12.1 Å². The normalized spacial score (nSPS) is 12.9. The Bertz CT molecular complexity index is 749. The quantitative estimate of drug-likeness (QED) is 0.328. The Balaban J connectivity index is 0.00000364. The molecule has 0 spiro atoms. The van der Waals surface area contributed by atoms with E-state index in [4.69, 9.17) is 10.5 Å². The molecule has 1 unspecified atom stereocenters. The van der Waals surface area contributed by atoms with E-state index >= 15 is 0 Å². The SMILES string of the molecule is COc1ccc(NC(N)=NCCC(C)c2cccc(C(F)(F)F)c2)cc1.I. The van der Waals surface area contributed by atoms with Crippen LogP contribution < -0.4 is 15.8 Å². The summed E-state index contributed by atoms with van der Waals surface area (Å²) in [5.74, 6) is 0.933. The molecular formula is C19H23F3IN3O. The van der Waals surface area contributed by atoms with Crippen molar-refractivity contribution in [2.24, 2.45) is 10.7 Å². The predicted octanol–water partition coefficient (Wildman–Crippen LogP) is 5.25. The maximum Gasteiger partial charge on any atom is 0.416 e. The van der Waals surface area contributed by atoms with E-state index in [1.807, 2.05) is 19.1 Å². The lowest BCUT2D eigenvalue weighted by molar-refractivity contribution is -0.137. The van der Waals surface area contributed by atoms with Gasteiger partial charge < -0.3 is 15.8 Å². The average molecular weight is 493 g/mol. The zero-order chi connectivity index (χ0) is 19.2. The molecule has 2 aromatic carbocycles. The van der Waals surface area contributed by atoms with Crippen molar-refractivity contribution < 1.29 is 17.9 Å². The van der Waals surface area contributed by atoms with Crippen LogP contribution in [0.3, 0.4) is 0 Å². The summed E-state index contributed by atoms with van der Waals surface area (Å²) >= 11 is 0. The molecule has 0 aliphatic carbocycles. The van der Waals surface area contributed by atoms with E-state index in [0.29, 0.717) is 18.5 Å². The molecule has 0 amide bonds. The molecule has 0 heterocycles. The molecule has 148 valence electrons. The summed E-state index contributed by atoms with van der Waals surface area (Å²) in [4.78, 5) is 4.23. The number of aliphatic imine (C=N–C) groups is 1. The van der Waals surface area contributed by atoms with E-state index in [-0.39, 0.29) is 35.9 Å². The minimum absolute atomic E-state index is 0. The zero-order valence-electron chi connectivity index (χ0n) is 15.1. The number of ether oxygens (including phenoxy) is 1. The van der Waals surface area contributed by atoms with Crippen LogP contribution in [0.2, 0.25) is 0 Å². The van der Waals surface area contributed by atoms with E-state index in [9.17, 15) is 13.2 Å². The first-order valence-corrected chi connectivity index (χ1v) is 8.17. The molecule has 2 rings (SSSR count). The van der Waals surface area contributed by atoms with Crippen LogP contribution in [0.1, 0.15) is 30.4 Å². The number of anilines is 1. The van der Waals surface area contributed by atoms with Gasteiger partial charge in [-0.3, -0.25) is 4.99 Å². The van der Waals surface area contributed by atoms with Crippen LogP contribution in [-0.2, 0) is 6.18 Å². The van der Waals surface area contributed by atoms with Crippen LogP contribution in [-0.4, -0.2) is 19.6 Å². The number of nitrogens with two attached hydrogens (primary N) is 1. The van der Waals surface area contributed by atoms with Crippen molar-refractivity contribution in [3.05, 3.63) is 59.7 Å². The molecular weight excluding hydrogens is 470 g/mol. The first kappa shape index (κ1) is 23.1. The topological polar surface area (TPSA) is 59.6 Å². The minimum Gasteiger partial charge on any atom is -0.497 e. The van der Waals surface area contributed by atoms with E-state index < -0.39 is 11.7 Å². The van der Waals surface area contributed by atoms with Gasteiger partial charge in [0.25, 0.3) is 0 Å². The number of nitrogens with zero attached hydrogens (tertiary/aromatic N) is 1. The number of hydrogen-bond donors (Lipinski definition) is 2. The Morgan fingerprint density at radius 1 is 1.19 bits per heavy atom. The van der Waals surface area contributed by atoms with Crippen molar-refractivity contribution >= 4 is 35.6 Å². The number of methoxy groups -OCH3 is 1. The van der Waals surface area contributed by atoms with Crippen LogP contribution in [0.5, 0.6) is 5.75 Å². The number of halogens is 4. The standard InChI is InChI=1S/C19H22F3N3O.HI/c1-13(14-4-3-5-15(12-14)19(20,21)22)10-11-24-18(23)25-16-6-8-17(26-2)9-7-16;/h3-9,12-13H,10-11H2,1-2H3,(H3,23,24,25);1H. The Morgan fingerprint density at radius 2 is 1.85 bits per heavy atom. The molecule has 0 aromatic heterocycles. The number of alkyl halides is 3. The molecule has 0 radical (unpaired) electrons. The second kappa shape index (κ2) is 10.4. The minimum atomic E-state index is -4.33. The maximum atomic E-state index is 12.8. The number of guanidine groups is 1. The summed E-state index contributed by atoms with van der Waals surface area (Å²) in [6, 6.07) is 12.6. The second-order valence-electron chi connectivity index (χ2n) is 5.93. The number of benzene rings is 2. The number of nitrogens with one attached hydrogen (secondary N) is 1. The van der Waals surface area contributed by atoms with Crippen molar-refractivity contribution in [1.29, 1.82) is 0 Å². The summed E-state index contributed by atoms with van der Waals surface area (Å²) in [5.41, 5.74) is 6.62. The van der Waals surface area contributed by atoms with Crippen LogP contribution in [0.15, 0.2) is 53.5 Å². The van der Waals surface area contributed by atoms with Crippen molar-refractivity contribution in [2.75, 3.05) is 19.0 Å². The third-order valence-electron chi connectivity index (χ3n) is 3.99. The zero-order valence-corrected chi connectivity index (χ0v) is 17.4. The largest absolute Gasteiger partial charge is 0.497 e. The molecule has 1 atom stereocenters. The lowest BCUT2D eigenvalue weighted by Crippen LogP contribution is -2.23. The molecule has 0 saturated heterocycles. The van der Waals surface area contributed by atoms with Crippen molar-refractivity contribution in [3.8, 4) is 5.75 Å². The fourth-order valence-corrected chi connectivity index (χ4v) is 2.43. The lowest BCUT2D eigenvalue weighted by Gasteiger charge is -2.14. The van der Waals surface area contributed by atoms with Gasteiger partial charge in [-0.15, -0.1) is 24.0 Å². The highest BCUT2D eigenvalue weighted by Gasteiger charge is 2.30. The van der Waals surface area contributed by atoms with Gasteiger partial charge in [-0.05, 0) is 48.2 Å². The average Bonchev–Trinajstić information content (AvgIpc) is 2.61. The van der Waals surface area contributed by atoms with Crippen LogP contribution in [0.25, 0.3) is 0 Å². The molecule has 0 saturated carbocycles. The molecule has 0 bridgehead atoms. The highest BCUT2D eigenvalue weighted by atomic mass is 127. The molecule has 8 heteroatoms. The highest BCUT2D eigenvalue weighted by Crippen LogP contribution is 2.31. The van der Waals surface area contributed by atoms with Gasteiger partial charge in [0.15, 0.2) is 5.96 Å². The molecule has 3 N–H and O–H groups in total. The van der Waals surface area contributed by atoms with Gasteiger partial charge in [-0.25, -0.2) is 0 Å². The summed E-state index contributed by atoms with van der Waals surface area (Å²) in [7, 11) is 1.59. The fourth-order valence-electron chi connectivity index (χ4n) is 2.43. The van der Waals surface area contributed by atoms with Crippen LogP contribution in [0.4, 0.5) is 18.9 Å². The van der Waals surface area contributed by atoms with Crippen molar-refractivity contribution in [1.82, 2.24) is 0 Å². The maximum absolute atomic E-state index is 12.8. The van der Waals surface area contributed by atoms with Crippen molar-refractivity contribution in [2.45, 2.75) is 25.4 Å². The monoisotopic (exact) mass is 493 g/mol. The van der Waals surface area contributed by atoms with Gasteiger partial charge >= 0.3 is 6.18 Å². The van der Waals surface area contributed by atoms with E-state index in [1.54, 1.807) is 25.3 Å². The summed E-state index contributed by atoms with van der Waals surface area (Å²) in [6.07, 6.45) is -3.74. The third-order valence-corrected chi connectivity index (χ3v) is 3.99. The van der Waals surface area contributed by atoms with Gasteiger partial charge in [0.05, 0.1) is 12.7 Å². The van der Waals surface area contributed by atoms with Gasteiger partial charge in [0.1, 0.15) is 5.75 Å². The molecule has 0 aliphatic rings.